The predicted molar refractivity (Wildman–Crippen MR) is 79.1 cm³/mol. The van der Waals surface area contributed by atoms with Crippen LogP contribution in [0.15, 0.2) is 48.5 Å². The summed E-state index contributed by atoms with van der Waals surface area (Å²) in [6.45, 7) is 2.64. The molecule has 1 atom stereocenters. The molecule has 0 spiro atoms. The van der Waals surface area contributed by atoms with E-state index in [2.05, 4.69) is 12.2 Å². The van der Waals surface area contributed by atoms with Crippen LogP contribution in [0.3, 0.4) is 0 Å². The molecule has 2 rings (SSSR count). The maximum absolute atomic E-state index is 13.5. The van der Waals surface area contributed by atoms with Crippen LogP contribution in [0.4, 0.5) is 4.39 Å². The quantitative estimate of drug-likeness (QED) is 0.842. The van der Waals surface area contributed by atoms with Crippen LogP contribution >= 0.6 is 0 Å². The van der Waals surface area contributed by atoms with E-state index in [1.165, 1.54) is 11.6 Å². The lowest BCUT2D eigenvalue weighted by Crippen LogP contribution is -2.26. The summed E-state index contributed by atoms with van der Waals surface area (Å²) in [5.41, 5.74) is 1.89. The summed E-state index contributed by atoms with van der Waals surface area (Å²) in [6.07, 6.45) is 1.91. The first-order chi connectivity index (χ1) is 9.65. The largest absolute Gasteiger partial charge is 0.508 e. The van der Waals surface area contributed by atoms with Gasteiger partial charge in [-0.25, -0.2) is 4.39 Å². The molecular formula is C17H20FNO. The molecular weight excluding hydrogens is 253 g/mol. The highest BCUT2D eigenvalue weighted by Gasteiger charge is 2.05. The van der Waals surface area contributed by atoms with Crippen LogP contribution in [0.25, 0.3) is 0 Å². The van der Waals surface area contributed by atoms with E-state index in [-0.39, 0.29) is 5.82 Å². The summed E-state index contributed by atoms with van der Waals surface area (Å²) in [7, 11) is 0. The van der Waals surface area contributed by atoms with Gasteiger partial charge in [-0.1, -0.05) is 30.3 Å². The first-order valence-corrected chi connectivity index (χ1v) is 6.90. The molecule has 1 unspecified atom stereocenters. The van der Waals surface area contributed by atoms with Gasteiger partial charge in [-0.05, 0) is 43.5 Å². The fraction of sp³-hybridized carbons (Fsp3) is 0.294. The summed E-state index contributed by atoms with van der Waals surface area (Å²) < 4.78 is 13.5. The maximum Gasteiger partial charge on any atom is 0.127 e. The van der Waals surface area contributed by atoms with E-state index in [4.69, 9.17) is 0 Å². The molecule has 106 valence electrons. The minimum Gasteiger partial charge on any atom is -0.508 e. The van der Waals surface area contributed by atoms with Gasteiger partial charge in [0.2, 0.25) is 0 Å². The second-order valence-electron chi connectivity index (χ2n) is 5.08. The molecule has 2 aromatic rings. The van der Waals surface area contributed by atoms with E-state index >= 15 is 0 Å². The normalized spacial score (nSPS) is 12.3. The van der Waals surface area contributed by atoms with Gasteiger partial charge in [0, 0.05) is 18.2 Å². The summed E-state index contributed by atoms with van der Waals surface area (Å²) in [4.78, 5) is 0. The van der Waals surface area contributed by atoms with Crippen molar-refractivity contribution in [3.8, 4) is 5.75 Å². The van der Waals surface area contributed by atoms with Gasteiger partial charge in [-0.15, -0.1) is 0 Å². The third-order valence-electron chi connectivity index (χ3n) is 3.40. The molecule has 0 aliphatic carbocycles. The molecule has 0 aliphatic heterocycles. The van der Waals surface area contributed by atoms with Crippen LogP contribution in [-0.2, 0) is 13.0 Å². The molecule has 2 nitrogen and oxygen atoms in total. The van der Waals surface area contributed by atoms with Crippen molar-refractivity contribution in [2.75, 3.05) is 0 Å². The Bertz CT molecular complexity index is 539. The minimum atomic E-state index is -0.161. The smallest absolute Gasteiger partial charge is 0.127 e. The van der Waals surface area contributed by atoms with Crippen LogP contribution in [-0.4, -0.2) is 11.1 Å². The van der Waals surface area contributed by atoms with Gasteiger partial charge in [0.15, 0.2) is 0 Å². The fourth-order valence-corrected chi connectivity index (χ4v) is 2.07. The average molecular weight is 273 g/mol. The average Bonchev–Trinajstić information content (AvgIpc) is 2.46. The zero-order valence-electron chi connectivity index (χ0n) is 11.6. The summed E-state index contributed by atoms with van der Waals surface area (Å²) in [5, 5.41) is 12.6. The van der Waals surface area contributed by atoms with Crippen LogP contribution < -0.4 is 5.32 Å². The second-order valence-corrected chi connectivity index (χ2v) is 5.08. The highest BCUT2D eigenvalue weighted by molar-refractivity contribution is 5.26. The van der Waals surface area contributed by atoms with Crippen molar-refractivity contribution in [2.24, 2.45) is 0 Å². The Labute approximate surface area is 119 Å². The van der Waals surface area contributed by atoms with Crippen molar-refractivity contribution >= 4 is 0 Å². The Hall–Kier alpha value is -1.87. The molecule has 0 fully saturated rings. The van der Waals surface area contributed by atoms with Crippen LogP contribution in [0.5, 0.6) is 5.75 Å². The predicted octanol–water partition coefficient (Wildman–Crippen LogP) is 3.64. The van der Waals surface area contributed by atoms with E-state index in [9.17, 15) is 9.50 Å². The Morgan fingerprint density at radius 1 is 1.10 bits per heavy atom. The lowest BCUT2D eigenvalue weighted by atomic mass is 10.1. The number of hydrogen-bond donors (Lipinski definition) is 2. The first-order valence-electron chi connectivity index (χ1n) is 6.90. The third-order valence-corrected chi connectivity index (χ3v) is 3.40. The van der Waals surface area contributed by atoms with Crippen molar-refractivity contribution in [1.82, 2.24) is 5.32 Å². The Morgan fingerprint density at radius 2 is 1.80 bits per heavy atom. The highest BCUT2D eigenvalue weighted by atomic mass is 19.1. The third kappa shape index (κ3) is 4.35. The molecule has 0 saturated carbocycles. The maximum atomic E-state index is 13.5. The van der Waals surface area contributed by atoms with E-state index in [1.54, 1.807) is 24.3 Å². The highest BCUT2D eigenvalue weighted by Crippen LogP contribution is 2.12. The second kappa shape index (κ2) is 7.06. The van der Waals surface area contributed by atoms with Gasteiger partial charge in [0.25, 0.3) is 0 Å². The van der Waals surface area contributed by atoms with E-state index in [0.717, 1.165) is 12.8 Å². The number of rotatable bonds is 6. The molecule has 0 amide bonds. The molecule has 0 aliphatic rings. The van der Waals surface area contributed by atoms with Crippen molar-refractivity contribution in [1.29, 1.82) is 0 Å². The lowest BCUT2D eigenvalue weighted by molar-refractivity contribution is 0.474. The van der Waals surface area contributed by atoms with Gasteiger partial charge in [-0.2, -0.15) is 0 Å². The molecule has 0 radical (unpaired) electrons. The standard InChI is InChI=1S/C17H20FNO/c1-13(6-7-14-8-10-16(20)11-9-14)19-12-15-4-2-3-5-17(15)18/h2-5,8-11,13,19-20H,6-7,12H2,1H3. The molecule has 20 heavy (non-hydrogen) atoms. The van der Waals surface area contributed by atoms with E-state index in [0.29, 0.717) is 23.9 Å². The number of nitrogens with one attached hydrogen (secondary N) is 1. The van der Waals surface area contributed by atoms with Gasteiger partial charge >= 0.3 is 0 Å². The summed E-state index contributed by atoms with van der Waals surface area (Å²) in [5.74, 6) is 0.130. The number of aryl methyl sites for hydroxylation is 1. The van der Waals surface area contributed by atoms with Crippen molar-refractivity contribution < 1.29 is 9.50 Å². The molecule has 0 heterocycles. The van der Waals surface area contributed by atoms with E-state index in [1.807, 2.05) is 18.2 Å². The van der Waals surface area contributed by atoms with Crippen LogP contribution in [0, 0.1) is 5.82 Å². The molecule has 0 aromatic heterocycles. The van der Waals surface area contributed by atoms with E-state index < -0.39 is 0 Å². The van der Waals surface area contributed by atoms with Gasteiger partial charge in [0.1, 0.15) is 11.6 Å². The summed E-state index contributed by atoms with van der Waals surface area (Å²) in [6, 6.07) is 14.4. The SMILES string of the molecule is CC(CCc1ccc(O)cc1)NCc1ccccc1F. The zero-order valence-corrected chi connectivity index (χ0v) is 11.6. The molecule has 2 N–H and O–H groups in total. The Morgan fingerprint density at radius 3 is 2.50 bits per heavy atom. The Kier molecular flexibility index (Phi) is 5.13. The van der Waals surface area contributed by atoms with Gasteiger partial charge in [0.05, 0.1) is 0 Å². The lowest BCUT2D eigenvalue weighted by Gasteiger charge is -2.14. The number of hydrogen-bond acceptors (Lipinski definition) is 2. The minimum absolute atomic E-state index is 0.161. The molecule has 3 heteroatoms. The molecule has 0 bridgehead atoms. The number of halogens is 1. The number of phenolic OH excluding ortho intramolecular Hbond substituents is 1. The van der Waals surface area contributed by atoms with Crippen molar-refractivity contribution in [2.45, 2.75) is 32.4 Å². The summed E-state index contributed by atoms with van der Waals surface area (Å²) >= 11 is 0. The first kappa shape index (κ1) is 14.5. The van der Waals surface area contributed by atoms with Gasteiger partial charge < -0.3 is 10.4 Å². The monoisotopic (exact) mass is 273 g/mol. The number of benzene rings is 2. The van der Waals surface area contributed by atoms with Crippen LogP contribution in [0.2, 0.25) is 0 Å². The van der Waals surface area contributed by atoms with Crippen LogP contribution in [0.1, 0.15) is 24.5 Å². The topological polar surface area (TPSA) is 32.3 Å². The van der Waals surface area contributed by atoms with Crippen molar-refractivity contribution in [3.05, 3.63) is 65.5 Å². The number of phenols is 1. The molecule has 0 saturated heterocycles. The number of aromatic hydroxyl groups is 1. The zero-order chi connectivity index (χ0) is 14.4. The van der Waals surface area contributed by atoms with Crippen molar-refractivity contribution in [3.63, 3.8) is 0 Å². The Balaban J connectivity index is 1.77. The van der Waals surface area contributed by atoms with Gasteiger partial charge in [-0.3, -0.25) is 0 Å². The fourth-order valence-electron chi connectivity index (χ4n) is 2.07. The molecule has 2 aromatic carbocycles.